The van der Waals surface area contributed by atoms with Gasteiger partial charge in [-0.3, -0.25) is 4.99 Å². The van der Waals surface area contributed by atoms with Crippen LogP contribution in [0.3, 0.4) is 0 Å². The predicted octanol–water partition coefficient (Wildman–Crippen LogP) is 0.794. The lowest BCUT2D eigenvalue weighted by atomic mass is 10.2. The molecule has 6 heteroatoms. The Morgan fingerprint density at radius 1 is 1.32 bits per heavy atom. The van der Waals surface area contributed by atoms with Gasteiger partial charge >= 0.3 is 0 Å². The van der Waals surface area contributed by atoms with Gasteiger partial charge in [0, 0.05) is 10.2 Å². The second kappa shape index (κ2) is 8.30. The molecule has 0 atom stereocenters. The van der Waals surface area contributed by atoms with E-state index < -0.39 is 0 Å². The van der Waals surface area contributed by atoms with E-state index in [1.165, 1.54) is 17.3 Å². The van der Waals surface area contributed by atoms with Crippen LogP contribution in [0.25, 0.3) is 0 Å². The van der Waals surface area contributed by atoms with Gasteiger partial charge < -0.3 is 22.6 Å². The summed E-state index contributed by atoms with van der Waals surface area (Å²) in [5, 5.41) is 0.575. The molecule has 3 nitrogen and oxygen atoms in total. The second-order valence-electron chi connectivity index (χ2n) is 3.65. The Balaban J connectivity index is 0.00000180. The van der Waals surface area contributed by atoms with Gasteiger partial charge in [0.1, 0.15) is 5.76 Å². The summed E-state index contributed by atoms with van der Waals surface area (Å²) in [6.45, 7) is 0.490. The monoisotopic (exact) mass is 359 g/mol. The van der Waals surface area contributed by atoms with Crippen molar-refractivity contribution in [2.24, 2.45) is 10.7 Å². The van der Waals surface area contributed by atoms with Crippen molar-refractivity contribution in [1.29, 1.82) is 0 Å². The number of thioether (sulfide) groups is 1. The van der Waals surface area contributed by atoms with Crippen molar-refractivity contribution in [2.75, 3.05) is 0 Å². The lowest BCUT2D eigenvalue weighted by Crippen LogP contribution is -3.00. The molecular weight excluding hydrogens is 348 g/mol. The summed E-state index contributed by atoms with van der Waals surface area (Å²) in [4.78, 5) is 4.26. The zero-order valence-corrected chi connectivity index (χ0v) is 13.2. The third-order valence-corrected chi connectivity index (χ3v) is 3.64. The largest absolute Gasteiger partial charge is 1.00 e. The van der Waals surface area contributed by atoms with Gasteiger partial charge in [0.25, 0.3) is 0 Å². The number of nitrogens with zero attached hydrogens (tertiary/aromatic N) is 1. The van der Waals surface area contributed by atoms with E-state index in [-0.39, 0.29) is 12.4 Å². The maximum Gasteiger partial charge on any atom is 0.154 e. The number of aliphatic imine (C=N–C) groups is 1. The maximum absolute atomic E-state index is 5.84. The van der Waals surface area contributed by atoms with E-state index in [4.69, 9.17) is 10.2 Å². The van der Waals surface area contributed by atoms with Crippen LogP contribution in [-0.2, 0) is 12.3 Å². The quantitative estimate of drug-likeness (QED) is 0.648. The van der Waals surface area contributed by atoms with Gasteiger partial charge in [0.15, 0.2) is 5.17 Å². The van der Waals surface area contributed by atoms with E-state index in [0.29, 0.717) is 11.7 Å². The number of rotatable bonds is 4. The molecule has 19 heavy (non-hydrogen) atoms. The van der Waals surface area contributed by atoms with Gasteiger partial charge in [-0.15, -0.1) is 0 Å². The summed E-state index contributed by atoms with van der Waals surface area (Å²) in [5.74, 6) is 1.63. The van der Waals surface area contributed by atoms with Crippen LogP contribution >= 0.6 is 27.7 Å². The summed E-state index contributed by atoms with van der Waals surface area (Å²) in [6, 6.07) is 11.9. The molecule has 1 aromatic carbocycles. The van der Waals surface area contributed by atoms with Crippen LogP contribution in [0.15, 0.2) is 56.5 Å². The first kappa shape index (κ1) is 16.1. The van der Waals surface area contributed by atoms with Crippen molar-refractivity contribution >= 4 is 32.9 Å². The highest BCUT2D eigenvalue weighted by Gasteiger charge is 1.99. The van der Waals surface area contributed by atoms with Gasteiger partial charge in [0.05, 0.1) is 12.8 Å². The zero-order valence-electron chi connectivity index (χ0n) is 10.1. The number of benzene rings is 1. The number of amidine groups is 1. The molecule has 0 aliphatic carbocycles. The fourth-order valence-corrected chi connectivity index (χ4v) is 2.48. The number of halogens is 2. The molecule has 0 aliphatic heterocycles. The maximum atomic E-state index is 5.84. The Hall–Kier alpha value is -0.910. The third kappa shape index (κ3) is 5.72. The van der Waals surface area contributed by atoms with E-state index in [0.717, 1.165) is 16.0 Å². The van der Waals surface area contributed by atoms with Crippen molar-refractivity contribution in [1.82, 2.24) is 0 Å². The van der Waals surface area contributed by atoms with E-state index in [9.17, 15) is 0 Å². The molecule has 0 unspecified atom stereocenters. The molecule has 0 bridgehead atoms. The zero-order chi connectivity index (χ0) is 12.8. The number of nitrogens with two attached hydrogens (primary N) is 1. The molecule has 1 heterocycles. The fourth-order valence-electron chi connectivity index (χ4n) is 1.39. The molecule has 0 radical (unpaired) electrons. The van der Waals surface area contributed by atoms with E-state index >= 15 is 0 Å². The van der Waals surface area contributed by atoms with Crippen LogP contribution in [0.5, 0.6) is 0 Å². The van der Waals surface area contributed by atoms with Crippen LogP contribution in [0.4, 0.5) is 0 Å². The van der Waals surface area contributed by atoms with Crippen molar-refractivity contribution in [3.05, 3.63) is 58.5 Å². The number of hydrogen-bond acceptors (Lipinski definition) is 3. The summed E-state index contributed by atoms with van der Waals surface area (Å²) in [6.07, 6.45) is 1.63. The second-order valence-corrected chi connectivity index (χ2v) is 5.56. The fraction of sp³-hybridized carbons (Fsp3) is 0.154. The third-order valence-electron chi connectivity index (χ3n) is 2.25. The SMILES string of the molecule is NC(=NCc1ccco1)SCc1cccc(Br)c1.[Cl-]. The Morgan fingerprint density at radius 2 is 2.16 bits per heavy atom. The van der Waals surface area contributed by atoms with E-state index in [1.54, 1.807) is 6.26 Å². The smallest absolute Gasteiger partial charge is 0.154 e. The van der Waals surface area contributed by atoms with Gasteiger partial charge in [0.2, 0.25) is 0 Å². The molecule has 0 amide bonds. The summed E-state index contributed by atoms with van der Waals surface area (Å²) < 4.78 is 6.26. The lowest BCUT2D eigenvalue weighted by Gasteiger charge is -2.02. The molecule has 2 rings (SSSR count). The molecule has 0 spiro atoms. The van der Waals surface area contributed by atoms with Gasteiger partial charge in [-0.05, 0) is 29.8 Å². The molecule has 1 aromatic heterocycles. The summed E-state index contributed by atoms with van der Waals surface area (Å²) >= 11 is 4.97. The predicted molar refractivity (Wildman–Crippen MR) is 79.5 cm³/mol. The molecule has 0 saturated heterocycles. The van der Waals surface area contributed by atoms with E-state index in [2.05, 4.69) is 33.1 Å². The standard InChI is InChI=1S/C13H13BrN2OS.ClH/c14-11-4-1-3-10(7-11)9-18-13(15)16-8-12-5-2-6-17-12;/h1-7H,8-9H2,(H2,15,16);1H/p-1. The Morgan fingerprint density at radius 3 is 2.84 bits per heavy atom. The van der Waals surface area contributed by atoms with Crippen molar-refractivity contribution in [3.63, 3.8) is 0 Å². The van der Waals surface area contributed by atoms with Gasteiger partial charge in [-0.2, -0.15) is 0 Å². The number of furan rings is 1. The minimum Gasteiger partial charge on any atom is -1.00 e. The molecular formula is C13H13BrClN2OS-. The minimum atomic E-state index is 0. The van der Waals surface area contributed by atoms with Crippen molar-refractivity contribution in [3.8, 4) is 0 Å². The van der Waals surface area contributed by atoms with Crippen LogP contribution in [0, 0.1) is 0 Å². The first-order valence-electron chi connectivity index (χ1n) is 5.43. The average Bonchev–Trinajstić information content (AvgIpc) is 2.87. The van der Waals surface area contributed by atoms with Crippen LogP contribution in [-0.4, -0.2) is 5.17 Å². The Bertz CT molecular complexity index is 531. The topological polar surface area (TPSA) is 51.5 Å². The average molecular weight is 361 g/mol. The first-order chi connectivity index (χ1) is 8.74. The lowest BCUT2D eigenvalue weighted by molar-refractivity contribution is -0.00000409. The highest BCUT2D eigenvalue weighted by Crippen LogP contribution is 2.17. The Kier molecular flexibility index (Phi) is 7.05. The molecule has 0 aliphatic rings. The van der Waals surface area contributed by atoms with Crippen LogP contribution in [0.2, 0.25) is 0 Å². The summed E-state index contributed by atoms with van der Waals surface area (Å²) in [5.41, 5.74) is 7.05. The molecule has 0 fully saturated rings. The summed E-state index contributed by atoms with van der Waals surface area (Å²) in [7, 11) is 0. The molecule has 2 N–H and O–H groups in total. The van der Waals surface area contributed by atoms with E-state index in [1.807, 2.05) is 24.3 Å². The first-order valence-corrected chi connectivity index (χ1v) is 7.21. The van der Waals surface area contributed by atoms with Crippen molar-refractivity contribution < 1.29 is 16.8 Å². The molecule has 0 saturated carbocycles. The van der Waals surface area contributed by atoms with Gasteiger partial charge in [-0.1, -0.05) is 39.8 Å². The molecule has 2 aromatic rings. The van der Waals surface area contributed by atoms with Gasteiger partial charge in [-0.25, -0.2) is 0 Å². The minimum absolute atomic E-state index is 0. The van der Waals surface area contributed by atoms with Crippen LogP contribution < -0.4 is 18.1 Å². The highest BCUT2D eigenvalue weighted by molar-refractivity contribution is 9.10. The molecule has 102 valence electrons. The normalized spacial score (nSPS) is 11.1. The van der Waals surface area contributed by atoms with Crippen LogP contribution in [0.1, 0.15) is 11.3 Å². The highest BCUT2D eigenvalue weighted by atomic mass is 79.9. The Labute approximate surface area is 131 Å². The number of hydrogen-bond donors (Lipinski definition) is 1. The van der Waals surface area contributed by atoms with Crippen molar-refractivity contribution in [2.45, 2.75) is 12.3 Å².